The molecule has 5 heteroatoms. The van der Waals surface area contributed by atoms with E-state index < -0.39 is 11.0 Å². The number of hydrogen-bond donors (Lipinski definition) is 1. The SMILES string of the molecule is CCCCCCCC.O=[SH](=O)[O-].[Li+]. The fourth-order valence-corrected chi connectivity index (χ4v) is 0.854. The zero-order chi connectivity index (χ0) is 9.82. The molecule has 0 amide bonds. The molecule has 0 fully saturated rings. The molecule has 0 saturated heterocycles. The minimum Gasteiger partial charge on any atom is -0.750 e. The van der Waals surface area contributed by atoms with E-state index in [0.717, 1.165) is 0 Å². The van der Waals surface area contributed by atoms with Crippen LogP contribution in [0.3, 0.4) is 0 Å². The minimum absolute atomic E-state index is 0. The van der Waals surface area contributed by atoms with Gasteiger partial charge in [0.15, 0.2) is 0 Å². The summed E-state index contributed by atoms with van der Waals surface area (Å²) in [6.07, 6.45) is 8.49. The second kappa shape index (κ2) is 18.3. The van der Waals surface area contributed by atoms with Crippen molar-refractivity contribution in [2.45, 2.75) is 52.4 Å². The summed E-state index contributed by atoms with van der Waals surface area (Å²) in [4.78, 5) is 0. The first-order valence-corrected chi connectivity index (χ1v) is 5.56. The van der Waals surface area contributed by atoms with Crippen LogP contribution < -0.4 is 18.9 Å². The molecule has 0 bridgehead atoms. The predicted octanol–water partition coefficient (Wildman–Crippen LogP) is -0.901. The predicted molar refractivity (Wildman–Crippen MR) is 50.1 cm³/mol. The van der Waals surface area contributed by atoms with Crippen molar-refractivity contribution < 1.29 is 31.8 Å². The summed E-state index contributed by atoms with van der Waals surface area (Å²) in [5.41, 5.74) is 0. The molecule has 0 heterocycles. The summed E-state index contributed by atoms with van der Waals surface area (Å²) in [5, 5.41) is 0. The van der Waals surface area contributed by atoms with Gasteiger partial charge in [-0.1, -0.05) is 52.4 Å². The summed E-state index contributed by atoms with van der Waals surface area (Å²) in [7, 11) is -3.37. The Labute approximate surface area is 95.3 Å². The Morgan fingerprint density at radius 2 is 1.15 bits per heavy atom. The van der Waals surface area contributed by atoms with Crippen molar-refractivity contribution >= 4 is 11.0 Å². The van der Waals surface area contributed by atoms with Crippen LogP contribution in [0.5, 0.6) is 0 Å². The van der Waals surface area contributed by atoms with E-state index >= 15 is 0 Å². The molecule has 0 aliphatic heterocycles. The molecule has 0 atom stereocenters. The van der Waals surface area contributed by atoms with Crippen molar-refractivity contribution in [2.75, 3.05) is 0 Å². The van der Waals surface area contributed by atoms with Crippen molar-refractivity contribution in [1.29, 1.82) is 0 Å². The van der Waals surface area contributed by atoms with E-state index in [9.17, 15) is 0 Å². The van der Waals surface area contributed by atoms with E-state index in [1.54, 1.807) is 0 Å². The van der Waals surface area contributed by atoms with Gasteiger partial charge in [0.05, 0.1) is 11.0 Å². The normalized spacial score (nSPS) is 8.62. The topological polar surface area (TPSA) is 57.2 Å². The fourth-order valence-electron chi connectivity index (χ4n) is 0.854. The Morgan fingerprint density at radius 3 is 1.31 bits per heavy atom. The van der Waals surface area contributed by atoms with Gasteiger partial charge in [-0.3, -0.25) is 0 Å². The van der Waals surface area contributed by atoms with Crippen molar-refractivity contribution in [2.24, 2.45) is 0 Å². The van der Waals surface area contributed by atoms with Gasteiger partial charge in [-0.05, 0) is 0 Å². The monoisotopic (exact) mass is 202 g/mol. The maximum Gasteiger partial charge on any atom is 1.00 e. The summed E-state index contributed by atoms with van der Waals surface area (Å²) in [6.45, 7) is 4.51. The van der Waals surface area contributed by atoms with Crippen LogP contribution in [0.25, 0.3) is 0 Å². The Morgan fingerprint density at radius 1 is 0.923 bits per heavy atom. The molecule has 13 heavy (non-hydrogen) atoms. The summed E-state index contributed by atoms with van der Waals surface area (Å²) in [6, 6.07) is 0. The van der Waals surface area contributed by atoms with Crippen molar-refractivity contribution in [3.63, 3.8) is 0 Å². The van der Waals surface area contributed by atoms with Gasteiger partial charge in [0.2, 0.25) is 0 Å². The standard InChI is InChI=1S/C8H18.Li.H2O3S/c1-3-5-7-8-6-4-2;;1-4(2)3/h3-8H2,1-2H3;;4H,(H,1,2,3)/q;+1;/p-1. The Balaban J connectivity index is -0.000000173. The maximum absolute atomic E-state index is 8.48. The van der Waals surface area contributed by atoms with Crippen LogP contribution in [0, 0.1) is 0 Å². The van der Waals surface area contributed by atoms with Crippen LogP contribution in [-0.4, -0.2) is 13.0 Å². The van der Waals surface area contributed by atoms with Crippen LogP contribution in [-0.2, 0) is 11.0 Å². The van der Waals surface area contributed by atoms with Gasteiger partial charge in [-0.15, -0.1) is 0 Å². The Hall–Kier alpha value is 0.507. The van der Waals surface area contributed by atoms with E-state index in [1.165, 1.54) is 38.5 Å². The summed E-state index contributed by atoms with van der Waals surface area (Å²) in [5.74, 6) is 0. The average Bonchev–Trinajstić information content (AvgIpc) is 1.97. The summed E-state index contributed by atoms with van der Waals surface area (Å²) >= 11 is 0. The van der Waals surface area contributed by atoms with Crippen LogP contribution in [0.2, 0.25) is 0 Å². The number of thiol groups is 1. The van der Waals surface area contributed by atoms with E-state index in [-0.39, 0.29) is 18.9 Å². The molecule has 0 radical (unpaired) electrons. The molecular formula is C8H19LiO3S. The van der Waals surface area contributed by atoms with Gasteiger partial charge >= 0.3 is 18.9 Å². The molecule has 0 saturated carbocycles. The number of unbranched alkanes of at least 4 members (excludes halogenated alkanes) is 5. The molecule has 0 N–H and O–H groups in total. The van der Waals surface area contributed by atoms with E-state index in [1.807, 2.05) is 0 Å². The smallest absolute Gasteiger partial charge is 0.750 e. The van der Waals surface area contributed by atoms with Gasteiger partial charge < -0.3 is 4.55 Å². The van der Waals surface area contributed by atoms with Crippen LogP contribution in [0.4, 0.5) is 0 Å². The molecule has 0 unspecified atom stereocenters. The molecule has 0 aromatic rings. The minimum atomic E-state index is -3.37. The molecule has 0 aromatic carbocycles. The molecule has 0 aliphatic rings. The molecule has 0 spiro atoms. The third-order valence-corrected chi connectivity index (χ3v) is 1.46. The van der Waals surface area contributed by atoms with Crippen molar-refractivity contribution in [3.05, 3.63) is 0 Å². The average molecular weight is 202 g/mol. The van der Waals surface area contributed by atoms with E-state index in [2.05, 4.69) is 13.8 Å². The van der Waals surface area contributed by atoms with Gasteiger partial charge in [-0.2, -0.15) is 0 Å². The Bertz CT molecular complexity index is 123. The van der Waals surface area contributed by atoms with Crippen molar-refractivity contribution in [1.82, 2.24) is 0 Å². The van der Waals surface area contributed by atoms with Crippen molar-refractivity contribution in [3.8, 4) is 0 Å². The molecule has 3 nitrogen and oxygen atoms in total. The van der Waals surface area contributed by atoms with Crippen LogP contribution >= 0.6 is 0 Å². The molecule has 0 aromatic heterocycles. The zero-order valence-corrected chi connectivity index (χ0v) is 9.81. The maximum atomic E-state index is 8.48. The van der Waals surface area contributed by atoms with E-state index in [4.69, 9.17) is 13.0 Å². The van der Waals surface area contributed by atoms with Gasteiger partial charge in [0.1, 0.15) is 0 Å². The first-order valence-electron chi connectivity index (χ1n) is 4.46. The molecular weight excluding hydrogens is 183 g/mol. The number of hydrogen-bond acceptors (Lipinski definition) is 3. The molecule has 0 rings (SSSR count). The third kappa shape index (κ3) is 45.5. The van der Waals surface area contributed by atoms with Gasteiger partial charge in [0.25, 0.3) is 0 Å². The van der Waals surface area contributed by atoms with Gasteiger partial charge in [0, 0.05) is 0 Å². The van der Waals surface area contributed by atoms with Crippen LogP contribution in [0.1, 0.15) is 52.4 Å². The summed E-state index contributed by atoms with van der Waals surface area (Å²) < 4.78 is 25.4. The Kier molecular flexibility index (Phi) is 27.0. The quantitative estimate of drug-likeness (QED) is 0.272. The zero-order valence-electron chi connectivity index (χ0n) is 8.91. The first-order chi connectivity index (χ1) is 5.65. The largest absolute Gasteiger partial charge is 1.00 e. The molecule has 76 valence electrons. The van der Waals surface area contributed by atoms with Crippen LogP contribution in [0.15, 0.2) is 0 Å². The van der Waals surface area contributed by atoms with Gasteiger partial charge in [-0.25, -0.2) is 8.42 Å². The van der Waals surface area contributed by atoms with E-state index in [0.29, 0.717) is 0 Å². The third-order valence-electron chi connectivity index (χ3n) is 1.46. The molecule has 0 aliphatic carbocycles. The first kappa shape index (κ1) is 19.1. The second-order valence-corrected chi connectivity index (χ2v) is 3.09. The second-order valence-electron chi connectivity index (χ2n) is 2.64. The number of rotatable bonds is 5. The fraction of sp³-hybridized carbons (Fsp3) is 1.00.